The highest BCUT2D eigenvalue weighted by Crippen LogP contribution is 2.35. The topological polar surface area (TPSA) is 93.1 Å². The lowest BCUT2D eigenvalue weighted by Crippen LogP contribution is -2.10. The van der Waals surface area contributed by atoms with Crippen molar-refractivity contribution in [3.8, 4) is 0 Å². The molecule has 0 aliphatic carbocycles. The van der Waals surface area contributed by atoms with Crippen molar-refractivity contribution in [1.29, 1.82) is 0 Å². The largest absolute Gasteiger partial charge is 0.469 e. The molecule has 0 aromatic rings. The van der Waals surface area contributed by atoms with Crippen molar-refractivity contribution in [1.82, 2.24) is 0 Å². The highest BCUT2D eigenvalue weighted by Gasteiger charge is 2.13. The van der Waals surface area contributed by atoms with Crippen LogP contribution in [0, 0.1) is 0 Å². The molecule has 0 aliphatic rings. The van der Waals surface area contributed by atoms with Crippen LogP contribution in [0.4, 0.5) is 0 Å². The predicted octanol–water partition coefficient (Wildman–Crippen LogP) is 1.49. The van der Waals surface area contributed by atoms with E-state index in [1.165, 1.54) is 6.92 Å². The maximum absolute atomic E-state index is 10.7. The number of rotatable bonds is 5. The number of hydrogen-bond donors (Lipinski definition) is 2. The van der Waals surface area contributed by atoms with E-state index in [2.05, 4.69) is 15.8 Å². The number of carbonyl (C=O) groups excluding carboxylic acids is 1. The zero-order valence-corrected chi connectivity index (χ0v) is 7.99. The molecule has 0 radical (unpaired) electrons. The third-order valence-electron chi connectivity index (χ3n) is 0.924. The minimum Gasteiger partial charge on any atom is -0.460 e. The van der Waals surface area contributed by atoms with Crippen LogP contribution in [0.15, 0.2) is 12.2 Å². The number of phosphoric ester groups is 1. The van der Waals surface area contributed by atoms with E-state index in [0.717, 1.165) is 0 Å². The summed E-state index contributed by atoms with van der Waals surface area (Å²) in [5, 5.41) is 0. The zero-order chi connectivity index (χ0) is 10.5. The Balaban J connectivity index is -0.000000720. The van der Waals surface area contributed by atoms with Gasteiger partial charge < -0.3 is 14.5 Å². The van der Waals surface area contributed by atoms with Gasteiger partial charge in [-0.05, 0) is 6.92 Å². The molecule has 0 unspecified atom stereocenters. The first kappa shape index (κ1) is 19.8. The Hall–Kier alpha value is -0.680. The summed E-state index contributed by atoms with van der Waals surface area (Å²) < 4.78 is 18.6. The van der Waals surface area contributed by atoms with Gasteiger partial charge in [0.05, 0.1) is 6.61 Å². The Labute approximate surface area is 90.1 Å². The lowest BCUT2D eigenvalue weighted by Gasteiger charge is -2.05. The highest BCUT2D eigenvalue weighted by molar-refractivity contribution is 7.46. The van der Waals surface area contributed by atoms with Gasteiger partial charge in [-0.3, -0.25) is 4.52 Å². The summed E-state index contributed by atoms with van der Waals surface area (Å²) in [6, 6.07) is 0. The number of carbonyl (C=O) groups is 1. The van der Waals surface area contributed by atoms with Gasteiger partial charge in [-0.2, -0.15) is 0 Å². The Morgan fingerprint density at radius 1 is 1.33 bits per heavy atom. The molecule has 0 fully saturated rings. The van der Waals surface area contributed by atoms with Crippen LogP contribution < -0.4 is 0 Å². The normalized spacial score (nSPS) is 9.53. The summed E-state index contributed by atoms with van der Waals surface area (Å²) in [6.07, 6.45) is 0. The summed E-state index contributed by atoms with van der Waals surface area (Å²) in [5.74, 6) is -0.616. The van der Waals surface area contributed by atoms with Crippen molar-refractivity contribution in [2.24, 2.45) is 0 Å². The molecule has 0 saturated heterocycles. The summed E-state index contributed by atoms with van der Waals surface area (Å²) in [7, 11) is -4.46. The Morgan fingerprint density at radius 3 is 2.13 bits per heavy atom. The van der Waals surface area contributed by atoms with Crippen LogP contribution in [-0.2, 0) is 18.6 Å². The summed E-state index contributed by atoms with van der Waals surface area (Å²) >= 11 is 0. The number of esters is 1. The number of phosphoric acid groups is 1. The number of hydrogen-bond acceptors (Lipinski definition) is 4. The van der Waals surface area contributed by atoms with Gasteiger partial charge in [-0.25, -0.2) is 9.36 Å². The first-order valence-corrected chi connectivity index (χ1v) is 4.88. The number of ether oxygens (including phenoxy) is 1. The quantitative estimate of drug-likeness (QED) is 0.328. The molecule has 15 heavy (non-hydrogen) atoms. The van der Waals surface area contributed by atoms with Crippen LogP contribution in [0.1, 0.15) is 21.8 Å². The maximum atomic E-state index is 10.7. The van der Waals surface area contributed by atoms with E-state index in [-0.39, 0.29) is 33.6 Å². The smallest absolute Gasteiger partial charge is 0.460 e. The Morgan fingerprint density at radius 2 is 1.80 bits per heavy atom. The first-order valence-electron chi connectivity index (χ1n) is 3.35. The molecule has 0 spiro atoms. The predicted molar refractivity (Wildman–Crippen MR) is 57.2 cm³/mol. The molecule has 0 bridgehead atoms. The van der Waals surface area contributed by atoms with Gasteiger partial charge in [0.15, 0.2) is 0 Å². The second-order valence-corrected chi connectivity index (χ2v) is 3.48. The van der Waals surface area contributed by atoms with Crippen molar-refractivity contribution in [2.45, 2.75) is 21.8 Å². The molecule has 7 heteroatoms. The molecule has 6 nitrogen and oxygen atoms in total. The van der Waals surface area contributed by atoms with Gasteiger partial charge >= 0.3 is 13.8 Å². The Bertz CT molecular complexity index is 244. The molecule has 2 N–H and O–H groups in total. The second-order valence-electron chi connectivity index (χ2n) is 2.24. The fraction of sp³-hybridized carbons (Fsp3) is 0.625. The lowest BCUT2D eigenvalue weighted by atomic mass is 10.4. The van der Waals surface area contributed by atoms with Crippen molar-refractivity contribution in [3.63, 3.8) is 0 Å². The molecule has 0 amide bonds. The van der Waals surface area contributed by atoms with Crippen LogP contribution >= 0.6 is 7.82 Å². The van der Waals surface area contributed by atoms with Crippen LogP contribution in [0.2, 0.25) is 0 Å². The minimum atomic E-state index is -4.46. The van der Waals surface area contributed by atoms with E-state index in [9.17, 15) is 9.36 Å². The van der Waals surface area contributed by atoms with Crippen LogP contribution in [0.3, 0.4) is 0 Å². The molecule has 92 valence electrons. The second kappa shape index (κ2) is 8.61. The SMILES string of the molecule is C.C.C=C(C)C(=O)OCCOP(=O)(O)O. The minimum absolute atomic E-state index is 0. The Kier molecular flexibility index (Phi) is 11.4. The molecule has 0 aromatic carbocycles. The lowest BCUT2D eigenvalue weighted by molar-refractivity contribution is -0.139. The molecule has 0 aliphatic heterocycles. The summed E-state index contributed by atoms with van der Waals surface area (Å²) in [4.78, 5) is 27.1. The van der Waals surface area contributed by atoms with E-state index in [1.807, 2.05) is 0 Å². The van der Waals surface area contributed by atoms with Gasteiger partial charge in [-0.15, -0.1) is 0 Å². The van der Waals surface area contributed by atoms with E-state index < -0.39 is 13.8 Å². The van der Waals surface area contributed by atoms with Crippen molar-refractivity contribution < 1.29 is 28.4 Å². The third-order valence-corrected chi connectivity index (χ3v) is 1.44. The van der Waals surface area contributed by atoms with Crippen LogP contribution in [0.25, 0.3) is 0 Å². The third kappa shape index (κ3) is 13.3. The van der Waals surface area contributed by atoms with E-state index in [1.54, 1.807) is 0 Å². The zero-order valence-electron chi connectivity index (χ0n) is 7.10. The molecule has 0 atom stereocenters. The fourth-order valence-corrected chi connectivity index (χ4v) is 0.726. The molecule has 0 aromatic heterocycles. The van der Waals surface area contributed by atoms with Crippen molar-refractivity contribution in [2.75, 3.05) is 13.2 Å². The fourth-order valence-electron chi connectivity index (χ4n) is 0.414. The van der Waals surface area contributed by atoms with Gasteiger partial charge in [0.25, 0.3) is 0 Å². The average molecular weight is 242 g/mol. The van der Waals surface area contributed by atoms with Gasteiger partial charge in [0.2, 0.25) is 0 Å². The van der Waals surface area contributed by atoms with Gasteiger partial charge in [0.1, 0.15) is 6.61 Å². The van der Waals surface area contributed by atoms with Gasteiger partial charge in [-0.1, -0.05) is 21.4 Å². The maximum Gasteiger partial charge on any atom is 0.469 e. The molecular formula is C8H19O6P. The van der Waals surface area contributed by atoms with E-state index in [0.29, 0.717) is 0 Å². The summed E-state index contributed by atoms with van der Waals surface area (Å²) in [5.41, 5.74) is 0.219. The highest BCUT2D eigenvalue weighted by atomic mass is 31.2. The molecule has 0 heterocycles. The average Bonchev–Trinajstić information content (AvgIpc) is 1.95. The first-order chi connectivity index (χ1) is 5.83. The van der Waals surface area contributed by atoms with Crippen LogP contribution in [-0.4, -0.2) is 29.0 Å². The molecule has 0 rings (SSSR count). The molecular weight excluding hydrogens is 223 g/mol. The van der Waals surface area contributed by atoms with E-state index in [4.69, 9.17) is 9.79 Å². The van der Waals surface area contributed by atoms with Gasteiger partial charge in [0, 0.05) is 5.57 Å². The van der Waals surface area contributed by atoms with Crippen molar-refractivity contribution >= 4 is 13.8 Å². The summed E-state index contributed by atoms with van der Waals surface area (Å²) in [6.45, 7) is 4.22. The monoisotopic (exact) mass is 242 g/mol. The molecule has 0 saturated carbocycles. The standard InChI is InChI=1S/C6H11O6P.2CH4/c1-5(2)6(7)11-3-4-12-13(8,9)10;;/h1,3-4H2,2H3,(H2,8,9,10);2*1H4. The van der Waals surface area contributed by atoms with Crippen molar-refractivity contribution in [3.05, 3.63) is 12.2 Å². The van der Waals surface area contributed by atoms with E-state index >= 15 is 0 Å². The van der Waals surface area contributed by atoms with Crippen LogP contribution in [0.5, 0.6) is 0 Å².